The zero-order chi connectivity index (χ0) is 31.5. The van der Waals surface area contributed by atoms with Gasteiger partial charge in [0.2, 0.25) is 0 Å². The molecule has 0 atom stereocenters. The van der Waals surface area contributed by atoms with Crippen LogP contribution in [0.1, 0.15) is 25.0 Å². The Labute approximate surface area is 276 Å². The van der Waals surface area contributed by atoms with Crippen molar-refractivity contribution in [3.63, 3.8) is 0 Å². The third kappa shape index (κ3) is 4.52. The smallest absolute Gasteiger partial charge is 0.0159 e. The lowest BCUT2D eigenvalue weighted by atomic mass is 9.80. The van der Waals surface area contributed by atoms with Crippen molar-refractivity contribution >= 4 is 21.5 Å². The van der Waals surface area contributed by atoms with Crippen LogP contribution in [-0.2, 0) is 5.41 Å². The van der Waals surface area contributed by atoms with Crippen LogP contribution in [-0.4, -0.2) is 0 Å². The lowest BCUT2D eigenvalue weighted by Gasteiger charge is -2.23. The summed E-state index contributed by atoms with van der Waals surface area (Å²) in [4.78, 5) is 0. The van der Waals surface area contributed by atoms with E-state index in [2.05, 4.69) is 184 Å². The van der Waals surface area contributed by atoms with Gasteiger partial charge >= 0.3 is 0 Å². The molecule has 0 saturated carbocycles. The molecule has 8 aromatic rings. The Hall–Kier alpha value is -5.72. The summed E-state index contributed by atoms with van der Waals surface area (Å²) >= 11 is 0. The first-order valence-corrected chi connectivity index (χ1v) is 16.5. The van der Waals surface area contributed by atoms with Crippen molar-refractivity contribution in [2.24, 2.45) is 0 Å². The van der Waals surface area contributed by atoms with Crippen molar-refractivity contribution in [2.75, 3.05) is 0 Å². The molecular weight excluding hydrogens is 565 g/mol. The van der Waals surface area contributed by atoms with Crippen molar-refractivity contribution < 1.29 is 0 Å². The predicted octanol–water partition coefficient (Wildman–Crippen LogP) is 13.0. The first-order chi connectivity index (χ1) is 23.0. The van der Waals surface area contributed by atoms with Crippen LogP contribution in [0, 0.1) is 0 Å². The molecule has 0 saturated heterocycles. The SMILES string of the molecule is CC1(C)c2cc(-c3cc(-c4ccccc4)c4ccccc4c3)ccc2-c2ccc(-c3cc(-c4ccccc4)c4ccccc4c3)cc21. The van der Waals surface area contributed by atoms with E-state index in [1.54, 1.807) is 0 Å². The lowest BCUT2D eigenvalue weighted by molar-refractivity contribution is 0.661. The highest BCUT2D eigenvalue weighted by Gasteiger charge is 2.36. The summed E-state index contributed by atoms with van der Waals surface area (Å²) in [6.45, 7) is 4.77. The number of hydrogen-bond donors (Lipinski definition) is 0. The van der Waals surface area contributed by atoms with E-state index in [-0.39, 0.29) is 5.41 Å². The fourth-order valence-corrected chi connectivity index (χ4v) is 7.76. The second kappa shape index (κ2) is 10.7. The molecule has 1 aliphatic carbocycles. The number of rotatable bonds is 4. The van der Waals surface area contributed by atoms with Gasteiger partial charge in [-0.3, -0.25) is 0 Å². The van der Waals surface area contributed by atoms with Gasteiger partial charge < -0.3 is 0 Å². The van der Waals surface area contributed by atoms with Crippen LogP contribution < -0.4 is 0 Å². The van der Waals surface area contributed by atoms with E-state index in [4.69, 9.17) is 0 Å². The van der Waals surface area contributed by atoms with Crippen LogP contribution in [0.25, 0.3) is 77.2 Å². The minimum absolute atomic E-state index is 0.130. The molecule has 222 valence electrons. The molecule has 1 aliphatic rings. The molecule has 0 unspecified atom stereocenters. The van der Waals surface area contributed by atoms with Crippen LogP contribution in [0.15, 0.2) is 170 Å². The highest BCUT2D eigenvalue weighted by atomic mass is 14.4. The third-order valence-corrected chi connectivity index (χ3v) is 10.2. The van der Waals surface area contributed by atoms with Crippen molar-refractivity contribution in [3.05, 3.63) is 181 Å². The van der Waals surface area contributed by atoms with Gasteiger partial charge in [0.1, 0.15) is 0 Å². The molecule has 0 N–H and O–H groups in total. The molecule has 8 aromatic carbocycles. The Kier molecular flexibility index (Phi) is 6.27. The Morgan fingerprint density at radius 2 is 0.702 bits per heavy atom. The van der Waals surface area contributed by atoms with Crippen molar-refractivity contribution in [2.45, 2.75) is 19.3 Å². The predicted molar refractivity (Wildman–Crippen MR) is 201 cm³/mol. The quantitative estimate of drug-likeness (QED) is 0.189. The minimum atomic E-state index is -0.130. The summed E-state index contributed by atoms with van der Waals surface area (Å²) < 4.78 is 0. The highest BCUT2D eigenvalue weighted by molar-refractivity contribution is 6.02. The van der Waals surface area contributed by atoms with E-state index < -0.39 is 0 Å². The van der Waals surface area contributed by atoms with E-state index in [9.17, 15) is 0 Å². The molecule has 0 fully saturated rings. The molecule has 0 heteroatoms. The van der Waals surface area contributed by atoms with Gasteiger partial charge in [-0.25, -0.2) is 0 Å². The van der Waals surface area contributed by atoms with Gasteiger partial charge in [-0.2, -0.15) is 0 Å². The summed E-state index contributed by atoms with van der Waals surface area (Å²) in [5.41, 5.74) is 15.4. The minimum Gasteiger partial charge on any atom is -0.0622 e. The molecule has 47 heavy (non-hydrogen) atoms. The van der Waals surface area contributed by atoms with E-state index >= 15 is 0 Å². The van der Waals surface area contributed by atoms with Gasteiger partial charge in [0.15, 0.2) is 0 Å². The average molecular weight is 599 g/mol. The summed E-state index contributed by atoms with van der Waals surface area (Å²) in [5, 5.41) is 5.10. The second-order valence-electron chi connectivity index (χ2n) is 13.4. The molecule has 0 amide bonds. The van der Waals surface area contributed by atoms with Gasteiger partial charge in [-0.05, 0) is 125 Å². The van der Waals surface area contributed by atoms with E-state index in [0.29, 0.717) is 0 Å². The van der Waals surface area contributed by atoms with E-state index in [1.807, 2.05) is 0 Å². The van der Waals surface area contributed by atoms with Gasteiger partial charge in [-0.15, -0.1) is 0 Å². The van der Waals surface area contributed by atoms with Gasteiger partial charge in [0.25, 0.3) is 0 Å². The van der Waals surface area contributed by atoms with Crippen LogP contribution >= 0.6 is 0 Å². The maximum atomic E-state index is 2.44. The standard InChI is InChI=1S/C47H34/c1-47(2)45-29-33(37-25-35-17-9-11-19-39(35)43(27-37)31-13-5-3-6-14-31)21-23-41(45)42-24-22-34(30-46(42)47)38-26-36-18-10-12-20-40(36)44(28-38)32-15-7-4-8-16-32/h3-30H,1-2H3. The van der Waals surface area contributed by atoms with Crippen molar-refractivity contribution in [3.8, 4) is 55.6 Å². The normalized spacial score (nSPS) is 13.1. The van der Waals surface area contributed by atoms with E-state index in [0.717, 1.165) is 0 Å². The van der Waals surface area contributed by atoms with Crippen molar-refractivity contribution in [1.29, 1.82) is 0 Å². The van der Waals surface area contributed by atoms with Gasteiger partial charge in [0, 0.05) is 5.41 Å². The first-order valence-electron chi connectivity index (χ1n) is 16.5. The monoisotopic (exact) mass is 598 g/mol. The molecule has 0 nitrogen and oxygen atoms in total. The average Bonchev–Trinajstić information content (AvgIpc) is 3.36. The van der Waals surface area contributed by atoms with Crippen LogP contribution in [0.3, 0.4) is 0 Å². The van der Waals surface area contributed by atoms with Crippen LogP contribution in [0.4, 0.5) is 0 Å². The maximum absolute atomic E-state index is 2.44. The van der Waals surface area contributed by atoms with Crippen molar-refractivity contribution in [1.82, 2.24) is 0 Å². The number of hydrogen-bond acceptors (Lipinski definition) is 0. The number of benzene rings is 8. The first kappa shape index (κ1) is 27.6. The highest BCUT2D eigenvalue weighted by Crippen LogP contribution is 2.51. The fourth-order valence-electron chi connectivity index (χ4n) is 7.76. The molecule has 0 bridgehead atoms. The Morgan fingerprint density at radius 3 is 1.15 bits per heavy atom. The molecule has 0 spiro atoms. The largest absolute Gasteiger partial charge is 0.0622 e. The Morgan fingerprint density at radius 1 is 0.298 bits per heavy atom. The topological polar surface area (TPSA) is 0 Å². The molecule has 0 radical (unpaired) electrons. The lowest BCUT2D eigenvalue weighted by Crippen LogP contribution is -2.15. The van der Waals surface area contributed by atoms with Crippen LogP contribution in [0.2, 0.25) is 0 Å². The zero-order valence-corrected chi connectivity index (χ0v) is 26.7. The maximum Gasteiger partial charge on any atom is 0.0159 e. The second-order valence-corrected chi connectivity index (χ2v) is 13.4. The Balaban J connectivity index is 1.15. The van der Waals surface area contributed by atoms with Gasteiger partial charge in [0.05, 0.1) is 0 Å². The van der Waals surface area contributed by atoms with Crippen LogP contribution in [0.5, 0.6) is 0 Å². The number of fused-ring (bicyclic) bond motifs is 5. The fraction of sp³-hybridized carbons (Fsp3) is 0.0638. The summed E-state index contributed by atoms with van der Waals surface area (Å²) in [6, 6.07) is 62.7. The summed E-state index contributed by atoms with van der Waals surface area (Å²) in [7, 11) is 0. The molecule has 0 heterocycles. The van der Waals surface area contributed by atoms with E-state index in [1.165, 1.54) is 88.3 Å². The molecule has 0 aliphatic heterocycles. The summed E-state index contributed by atoms with van der Waals surface area (Å²) in [6.07, 6.45) is 0. The molecule has 9 rings (SSSR count). The summed E-state index contributed by atoms with van der Waals surface area (Å²) in [5.74, 6) is 0. The Bertz CT molecular complexity index is 2290. The third-order valence-electron chi connectivity index (χ3n) is 10.2. The molecule has 0 aromatic heterocycles. The van der Waals surface area contributed by atoms with Gasteiger partial charge in [-0.1, -0.05) is 147 Å². The molecular formula is C47H34. The zero-order valence-electron chi connectivity index (χ0n) is 26.7.